The van der Waals surface area contributed by atoms with Crippen LogP contribution in [0.4, 0.5) is 0 Å². The first-order valence-electron chi connectivity index (χ1n) is 8.41. The van der Waals surface area contributed by atoms with Crippen LogP contribution in [0.2, 0.25) is 0 Å². The molecule has 6 heteroatoms. The molecule has 1 aliphatic carbocycles. The number of benzene rings is 2. The van der Waals surface area contributed by atoms with E-state index in [0.29, 0.717) is 11.3 Å². The summed E-state index contributed by atoms with van der Waals surface area (Å²) >= 11 is 0. The minimum absolute atomic E-state index is 0.133. The molecule has 0 spiro atoms. The van der Waals surface area contributed by atoms with Gasteiger partial charge in [-0.2, -0.15) is 0 Å². The van der Waals surface area contributed by atoms with E-state index in [-0.39, 0.29) is 23.6 Å². The smallest absolute Gasteiger partial charge is 0.273 e. The second-order valence-corrected chi connectivity index (χ2v) is 6.35. The number of nitrogens with zero attached hydrogens (tertiary/aromatic N) is 2. The zero-order chi connectivity index (χ0) is 18.1. The summed E-state index contributed by atoms with van der Waals surface area (Å²) < 4.78 is 1.47. The first-order chi connectivity index (χ1) is 12.6. The molecule has 6 nitrogen and oxygen atoms in total. The van der Waals surface area contributed by atoms with Crippen LogP contribution in [-0.2, 0) is 6.42 Å². The Morgan fingerprint density at radius 3 is 2.69 bits per heavy atom. The Kier molecular flexibility index (Phi) is 4.10. The summed E-state index contributed by atoms with van der Waals surface area (Å²) in [5.41, 5.74) is 9.44. The molecule has 3 aromatic rings. The molecule has 0 aliphatic heterocycles. The van der Waals surface area contributed by atoms with Crippen molar-refractivity contribution in [1.82, 2.24) is 14.9 Å². The number of aromatic nitrogens is 2. The largest absolute Gasteiger partial charge is 0.344 e. The van der Waals surface area contributed by atoms with Crippen molar-refractivity contribution in [3.8, 4) is 5.69 Å². The number of amides is 1. The summed E-state index contributed by atoms with van der Waals surface area (Å²) in [5, 5.41) is 3.03. The van der Waals surface area contributed by atoms with Crippen LogP contribution in [0, 0.1) is 0 Å². The van der Waals surface area contributed by atoms with Gasteiger partial charge >= 0.3 is 0 Å². The number of fused-ring (bicyclic) bond motifs is 1. The maximum atomic E-state index is 12.6. The summed E-state index contributed by atoms with van der Waals surface area (Å²) in [4.78, 5) is 28.2. The van der Waals surface area contributed by atoms with Crippen LogP contribution in [0.15, 0.2) is 71.9 Å². The fraction of sp³-hybridized carbons (Fsp3) is 0.150. The predicted octanol–water partition coefficient (Wildman–Crippen LogP) is 1.59. The lowest BCUT2D eigenvalue weighted by Gasteiger charge is -2.19. The SMILES string of the molecule is NC1Cc2ccccc2C1NC(=O)c1ccc(-n2ccncc2=O)cc1. The van der Waals surface area contributed by atoms with Gasteiger partial charge in [-0.1, -0.05) is 24.3 Å². The van der Waals surface area contributed by atoms with Gasteiger partial charge in [-0.05, 0) is 41.8 Å². The van der Waals surface area contributed by atoms with Crippen LogP contribution in [-0.4, -0.2) is 21.5 Å². The van der Waals surface area contributed by atoms with E-state index < -0.39 is 0 Å². The molecule has 2 atom stereocenters. The highest BCUT2D eigenvalue weighted by molar-refractivity contribution is 5.94. The topological polar surface area (TPSA) is 90.0 Å². The average molecular weight is 346 g/mol. The van der Waals surface area contributed by atoms with Crippen molar-refractivity contribution in [3.63, 3.8) is 0 Å². The van der Waals surface area contributed by atoms with Crippen molar-refractivity contribution in [2.45, 2.75) is 18.5 Å². The monoisotopic (exact) mass is 346 g/mol. The van der Waals surface area contributed by atoms with Crippen LogP contribution in [0.25, 0.3) is 5.69 Å². The van der Waals surface area contributed by atoms with E-state index in [9.17, 15) is 9.59 Å². The molecule has 1 amide bonds. The van der Waals surface area contributed by atoms with E-state index in [1.165, 1.54) is 16.3 Å². The number of nitrogens with one attached hydrogen (secondary N) is 1. The normalized spacial score (nSPS) is 18.3. The highest BCUT2D eigenvalue weighted by atomic mass is 16.1. The number of hydrogen-bond donors (Lipinski definition) is 2. The standard InChI is InChI=1S/C20H18N4O2/c21-17-11-14-3-1-2-4-16(14)19(17)23-20(26)13-5-7-15(8-6-13)24-10-9-22-12-18(24)25/h1-10,12,17,19H,11,21H2,(H,23,26). The minimum atomic E-state index is -0.224. The molecule has 0 saturated heterocycles. The van der Waals surface area contributed by atoms with Crippen LogP contribution in [0.1, 0.15) is 27.5 Å². The van der Waals surface area contributed by atoms with Gasteiger partial charge in [-0.25, -0.2) is 0 Å². The molecule has 2 aromatic carbocycles. The third-order valence-electron chi connectivity index (χ3n) is 4.69. The molecule has 2 unspecified atom stereocenters. The van der Waals surface area contributed by atoms with E-state index in [1.54, 1.807) is 36.7 Å². The van der Waals surface area contributed by atoms with Crippen LogP contribution in [0.3, 0.4) is 0 Å². The van der Waals surface area contributed by atoms with E-state index in [2.05, 4.69) is 10.3 Å². The van der Waals surface area contributed by atoms with E-state index in [1.807, 2.05) is 24.3 Å². The van der Waals surface area contributed by atoms with Crippen molar-refractivity contribution in [2.75, 3.05) is 0 Å². The summed E-state index contributed by atoms with van der Waals surface area (Å²) in [6, 6.07) is 14.5. The van der Waals surface area contributed by atoms with Gasteiger partial charge in [-0.3, -0.25) is 19.1 Å². The molecular formula is C20H18N4O2. The van der Waals surface area contributed by atoms with Gasteiger partial charge in [0.2, 0.25) is 0 Å². The second kappa shape index (κ2) is 6.57. The molecule has 0 radical (unpaired) electrons. The number of carbonyl (C=O) groups excluding carboxylic acids is 1. The zero-order valence-electron chi connectivity index (χ0n) is 14.0. The second-order valence-electron chi connectivity index (χ2n) is 6.35. The number of rotatable bonds is 3. The molecule has 3 N–H and O–H groups in total. The lowest BCUT2D eigenvalue weighted by Crippen LogP contribution is -2.38. The van der Waals surface area contributed by atoms with Crippen molar-refractivity contribution in [3.05, 3.63) is 94.2 Å². The van der Waals surface area contributed by atoms with Gasteiger partial charge in [0.15, 0.2) is 0 Å². The number of nitrogens with two attached hydrogens (primary N) is 1. The first kappa shape index (κ1) is 16.2. The number of hydrogen-bond acceptors (Lipinski definition) is 4. The highest BCUT2D eigenvalue weighted by Crippen LogP contribution is 2.30. The molecule has 4 rings (SSSR count). The van der Waals surface area contributed by atoms with Gasteiger partial charge in [-0.15, -0.1) is 0 Å². The van der Waals surface area contributed by atoms with Crippen LogP contribution < -0.4 is 16.6 Å². The molecule has 1 heterocycles. The Labute approximate surface area is 150 Å². The lowest BCUT2D eigenvalue weighted by molar-refractivity contribution is 0.0933. The van der Waals surface area contributed by atoms with Crippen molar-refractivity contribution in [2.24, 2.45) is 5.73 Å². The predicted molar refractivity (Wildman–Crippen MR) is 98.2 cm³/mol. The molecule has 1 aromatic heterocycles. The Bertz CT molecular complexity index is 1010. The molecule has 0 fully saturated rings. The summed E-state index contributed by atoms with van der Waals surface area (Å²) in [6.45, 7) is 0. The maximum absolute atomic E-state index is 12.6. The van der Waals surface area contributed by atoms with E-state index in [0.717, 1.165) is 12.0 Å². The molecule has 1 aliphatic rings. The van der Waals surface area contributed by atoms with E-state index >= 15 is 0 Å². The number of carbonyl (C=O) groups is 1. The van der Waals surface area contributed by atoms with Gasteiger partial charge in [0.1, 0.15) is 0 Å². The molecule has 0 bridgehead atoms. The summed E-state index contributed by atoms with van der Waals surface area (Å²) in [6.07, 6.45) is 5.14. The van der Waals surface area contributed by atoms with Crippen molar-refractivity contribution < 1.29 is 4.79 Å². The summed E-state index contributed by atoms with van der Waals surface area (Å²) in [7, 11) is 0. The molecule has 130 valence electrons. The Morgan fingerprint density at radius 1 is 1.15 bits per heavy atom. The Balaban J connectivity index is 1.54. The van der Waals surface area contributed by atoms with Crippen LogP contribution >= 0.6 is 0 Å². The highest BCUT2D eigenvalue weighted by Gasteiger charge is 2.30. The van der Waals surface area contributed by atoms with Gasteiger partial charge in [0, 0.05) is 29.7 Å². The molecule has 0 saturated carbocycles. The lowest BCUT2D eigenvalue weighted by atomic mass is 10.1. The maximum Gasteiger partial charge on any atom is 0.273 e. The first-order valence-corrected chi connectivity index (χ1v) is 8.41. The Hall–Kier alpha value is -3.25. The average Bonchev–Trinajstić information content (AvgIpc) is 2.98. The minimum Gasteiger partial charge on any atom is -0.344 e. The van der Waals surface area contributed by atoms with Crippen molar-refractivity contribution in [1.29, 1.82) is 0 Å². The zero-order valence-corrected chi connectivity index (χ0v) is 14.0. The molecule has 26 heavy (non-hydrogen) atoms. The van der Waals surface area contributed by atoms with Gasteiger partial charge in [0.25, 0.3) is 11.5 Å². The van der Waals surface area contributed by atoms with Gasteiger partial charge in [0.05, 0.1) is 12.2 Å². The fourth-order valence-electron chi connectivity index (χ4n) is 3.37. The fourth-order valence-corrected chi connectivity index (χ4v) is 3.37. The third-order valence-corrected chi connectivity index (χ3v) is 4.69. The van der Waals surface area contributed by atoms with Gasteiger partial charge < -0.3 is 11.1 Å². The Morgan fingerprint density at radius 2 is 1.92 bits per heavy atom. The third kappa shape index (κ3) is 2.91. The van der Waals surface area contributed by atoms with Crippen molar-refractivity contribution >= 4 is 5.91 Å². The summed E-state index contributed by atoms with van der Waals surface area (Å²) in [5.74, 6) is -0.184. The quantitative estimate of drug-likeness (QED) is 0.753. The molecular weight excluding hydrogens is 328 g/mol. The van der Waals surface area contributed by atoms with Crippen LogP contribution in [0.5, 0.6) is 0 Å². The van der Waals surface area contributed by atoms with E-state index in [4.69, 9.17) is 5.73 Å².